The number of aliphatic hydroxyl groups is 1. The van der Waals surface area contributed by atoms with Crippen LogP contribution in [-0.2, 0) is 31.4 Å². The molecule has 1 amide bonds. The third-order valence-electron chi connectivity index (χ3n) is 14.1. The monoisotopic (exact) mass is 833 g/mol. The second-order valence-corrected chi connectivity index (χ2v) is 18.4. The van der Waals surface area contributed by atoms with E-state index < -0.39 is 29.2 Å². The number of anilines is 3. The van der Waals surface area contributed by atoms with Crippen LogP contribution in [0.3, 0.4) is 0 Å². The Morgan fingerprint density at radius 2 is 1.66 bits per heavy atom. The van der Waals surface area contributed by atoms with E-state index >= 15 is 0 Å². The molecule has 2 saturated carbocycles. The number of carboxylic acid groups (broad SMARTS) is 1. The molecule has 1 saturated heterocycles. The molecule has 0 unspecified atom stereocenters. The predicted octanol–water partition coefficient (Wildman–Crippen LogP) is 7.72. The summed E-state index contributed by atoms with van der Waals surface area (Å²) in [5.41, 5.74) is 7.07. The summed E-state index contributed by atoms with van der Waals surface area (Å²) in [5, 5.41) is 26.7. The Kier molecular flexibility index (Phi) is 10.4. The van der Waals surface area contributed by atoms with Crippen LogP contribution < -0.4 is 10.6 Å². The van der Waals surface area contributed by atoms with Gasteiger partial charge in [0.2, 0.25) is 0 Å². The number of amides is 1. The van der Waals surface area contributed by atoms with Gasteiger partial charge in [-0.05, 0) is 124 Å². The lowest BCUT2D eigenvalue weighted by atomic mass is 9.80. The van der Waals surface area contributed by atoms with Crippen molar-refractivity contribution in [3.05, 3.63) is 88.4 Å². The number of nitrogens with one attached hydrogen (secondary N) is 2. The summed E-state index contributed by atoms with van der Waals surface area (Å²) >= 11 is 0. The van der Waals surface area contributed by atoms with Gasteiger partial charge in [0.1, 0.15) is 5.52 Å². The van der Waals surface area contributed by atoms with Crippen LogP contribution in [0.1, 0.15) is 103 Å². The third kappa shape index (κ3) is 7.76. The molecule has 2 bridgehead atoms. The first-order chi connectivity index (χ1) is 29.1. The zero-order valence-electron chi connectivity index (χ0n) is 35.2. The van der Waals surface area contributed by atoms with E-state index in [0.717, 1.165) is 104 Å². The minimum atomic E-state index is -2.89. The molecule has 320 valence electrons. The molecular weight excluding hydrogens is 781 g/mol. The number of alkyl halides is 2. The zero-order valence-corrected chi connectivity index (χ0v) is 35.2. The Hall–Kier alpha value is -5.38. The van der Waals surface area contributed by atoms with Gasteiger partial charge in [0, 0.05) is 69.5 Å². The van der Waals surface area contributed by atoms with Crippen molar-refractivity contribution in [1.82, 2.24) is 34.3 Å². The van der Waals surface area contributed by atoms with Gasteiger partial charge >= 0.3 is 5.97 Å². The highest BCUT2D eigenvalue weighted by Gasteiger charge is 2.57. The molecule has 2 aromatic carbocycles. The van der Waals surface area contributed by atoms with Crippen molar-refractivity contribution in [2.75, 3.05) is 36.8 Å². The Labute approximate surface area is 353 Å². The summed E-state index contributed by atoms with van der Waals surface area (Å²) in [7, 11) is 1.89. The molecule has 61 heavy (non-hydrogen) atoms. The average Bonchev–Trinajstić information content (AvgIpc) is 3.99. The smallest absolute Gasteiger partial charge is 0.309 e. The normalized spacial score (nSPS) is 23.9. The van der Waals surface area contributed by atoms with E-state index in [1.54, 1.807) is 12.3 Å². The second kappa shape index (κ2) is 15.5. The first-order valence-electron chi connectivity index (χ1n) is 21.3. The number of nitrogens with zero attached hydrogens (tertiary/aromatic N) is 7. The average molecular weight is 834 g/mol. The van der Waals surface area contributed by atoms with Gasteiger partial charge in [0.25, 0.3) is 12.3 Å². The van der Waals surface area contributed by atoms with Crippen LogP contribution in [-0.4, -0.2) is 88.2 Å². The SMILES string of the molecule is Cc1c(NC(=O)c2nc3c(n2C)CCN(CCC24CCC(C(=O)O)(CC2)C4)C3)cccc1-c1cccc(Nc2nc(C(F)F)nc3cc(CN4CC[C@](C)(O)C4)cnc23)c1C. The van der Waals surface area contributed by atoms with Crippen LogP contribution in [0.4, 0.5) is 26.0 Å². The molecule has 3 fully saturated rings. The molecule has 2 aliphatic heterocycles. The van der Waals surface area contributed by atoms with Crippen LogP contribution in [0.25, 0.3) is 22.2 Å². The van der Waals surface area contributed by atoms with Crippen molar-refractivity contribution in [3.8, 4) is 11.1 Å². The third-order valence-corrected chi connectivity index (χ3v) is 14.1. The molecule has 5 heterocycles. The van der Waals surface area contributed by atoms with Crippen molar-refractivity contribution in [2.24, 2.45) is 17.9 Å². The van der Waals surface area contributed by atoms with Gasteiger partial charge in [-0.1, -0.05) is 24.3 Å². The number of benzene rings is 2. The number of carbonyl (C=O) groups excluding carboxylic acids is 1. The van der Waals surface area contributed by atoms with Crippen LogP contribution in [0, 0.1) is 24.7 Å². The lowest BCUT2D eigenvalue weighted by Gasteiger charge is -2.32. The number of hydrogen-bond acceptors (Lipinski definition) is 10. The molecular formula is C46H53F2N9O4. The molecule has 0 spiro atoms. The van der Waals surface area contributed by atoms with Gasteiger partial charge in [0.05, 0.1) is 22.2 Å². The molecule has 4 N–H and O–H groups in total. The fourth-order valence-electron chi connectivity index (χ4n) is 10.5. The number of imidazole rings is 1. The van der Waals surface area contributed by atoms with E-state index in [0.29, 0.717) is 54.3 Å². The Morgan fingerprint density at radius 3 is 2.33 bits per heavy atom. The molecule has 5 aromatic rings. The number of halogens is 2. The van der Waals surface area contributed by atoms with Crippen molar-refractivity contribution < 1.29 is 28.6 Å². The van der Waals surface area contributed by atoms with Crippen LogP contribution >= 0.6 is 0 Å². The van der Waals surface area contributed by atoms with Crippen molar-refractivity contribution in [1.29, 1.82) is 0 Å². The number of aromatic nitrogens is 5. The maximum absolute atomic E-state index is 14.1. The van der Waals surface area contributed by atoms with E-state index in [1.807, 2.05) is 68.8 Å². The highest BCUT2D eigenvalue weighted by Crippen LogP contribution is 2.63. The number of β-amino-alcohol motifs (C(OH)–C–C–N with tert-alkyl or cyclic N) is 1. The van der Waals surface area contributed by atoms with Crippen LogP contribution in [0.15, 0.2) is 48.7 Å². The number of carboxylic acids is 1. The lowest BCUT2D eigenvalue weighted by molar-refractivity contribution is -0.148. The number of pyridine rings is 1. The fraction of sp³-hybridized carbons (Fsp3) is 0.478. The lowest BCUT2D eigenvalue weighted by Crippen LogP contribution is -2.34. The molecule has 15 heteroatoms. The standard InChI is InChI=1S/C46H53F2N9O4/c1-27-30(7-5-9-32(27)50-39-37-34(51-40(54-39)38(47)48)21-29(22-49-37)23-57-19-16-44(3,61)26-57)31-8-6-10-33(28(31)2)53-42(58)41-52-35-24-56(18-11-36(35)55(41)4)20-17-45-12-14-46(25-45,15-13-45)43(59)60/h5-10,21-22,38,61H,11-20,23-26H2,1-4H3,(H,53,58)(H,59,60)(H,50,51,54)/t44-,45?,46?/m0/s1. The van der Waals surface area contributed by atoms with Crippen molar-refractivity contribution in [3.63, 3.8) is 0 Å². The van der Waals surface area contributed by atoms with E-state index in [-0.39, 0.29) is 17.1 Å². The van der Waals surface area contributed by atoms with Crippen LogP contribution in [0.2, 0.25) is 0 Å². The summed E-state index contributed by atoms with van der Waals surface area (Å²) in [6.07, 6.45) is 5.60. The van der Waals surface area contributed by atoms with Crippen molar-refractivity contribution in [2.45, 2.75) is 97.3 Å². The summed E-state index contributed by atoms with van der Waals surface area (Å²) in [5.74, 6) is -1.01. The van der Waals surface area contributed by atoms with Gasteiger partial charge < -0.3 is 25.4 Å². The molecule has 9 rings (SSSR count). The second-order valence-electron chi connectivity index (χ2n) is 18.4. The van der Waals surface area contributed by atoms with Gasteiger partial charge in [-0.2, -0.15) is 0 Å². The predicted molar refractivity (Wildman–Crippen MR) is 228 cm³/mol. The van der Waals surface area contributed by atoms with E-state index in [9.17, 15) is 28.6 Å². The number of aliphatic carboxylic acids is 1. The Morgan fingerprint density at radius 1 is 0.934 bits per heavy atom. The summed E-state index contributed by atoms with van der Waals surface area (Å²) in [4.78, 5) is 48.2. The molecule has 13 nitrogen and oxygen atoms in total. The van der Waals surface area contributed by atoms with Crippen LogP contribution in [0.5, 0.6) is 0 Å². The Balaban J connectivity index is 0.906. The van der Waals surface area contributed by atoms with Gasteiger partial charge in [0.15, 0.2) is 17.5 Å². The number of carbonyl (C=O) groups is 2. The number of hydrogen-bond donors (Lipinski definition) is 4. The van der Waals surface area contributed by atoms with Gasteiger partial charge in [-0.25, -0.2) is 23.7 Å². The first-order valence-corrected chi connectivity index (χ1v) is 21.3. The zero-order chi connectivity index (χ0) is 42.8. The highest BCUT2D eigenvalue weighted by molar-refractivity contribution is 6.03. The number of likely N-dealkylation sites (tertiary alicyclic amines) is 1. The molecule has 2 aliphatic carbocycles. The quantitative estimate of drug-likeness (QED) is 0.0975. The minimum Gasteiger partial charge on any atom is -0.481 e. The van der Waals surface area contributed by atoms with Crippen molar-refractivity contribution >= 4 is 40.1 Å². The maximum atomic E-state index is 14.1. The molecule has 1 atom stereocenters. The molecule has 3 aromatic heterocycles. The van der Waals surface area contributed by atoms with E-state index in [4.69, 9.17) is 4.98 Å². The van der Waals surface area contributed by atoms with E-state index in [2.05, 4.69) is 35.4 Å². The van der Waals surface area contributed by atoms with E-state index in [1.165, 1.54) is 0 Å². The number of rotatable bonds is 12. The summed E-state index contributed by atoms with van der Waals surface area (Å²) < 4.78 is 30.2. The summed E-state index contributed by atoms with van der Waals surface area (Å²) in [6.45, 7) is 9.88. The highest BCUT2D eigenvalue weighted by atomic mass is 19.3. The number of fused-ring (bicyclic) bond motifs is 4. The largest absolute Gasteiger partial charge is 0.481 e. The Bertz CT molecular complexity index is 2550. The minimum absolute atomic E-state index is 0.129. The topological polar surface area (TPSA) is 162 Å². The van der Waals surface area contributed by atoms with Gasteiger partial charge in [-0.15, -0.1) is 0 Å². The maximum Gasteiger partial charge on any atom is 0.309 e. The summed E-state index contributed by atoms with van der Waals surface area (Å²) in [6, 6.07) is 13.2. The molecule has 0 radical (unpaired) electrons. The van der Waals surface area contributed by atoms with Gasteiger partial charge in [-0.3, -0.25) is 24.4 Å². The molecule has 4 aliphatic rings. The first kappa shape index (κ1) is 41.0. The fourth-order valence-corrected chi connectivity index (χ4v) is 10.5.